The summed E-state index contributed by atoms with van der Waals surface area (Å²) in [6, 6.07) is 0. The second kappa shape index (κ2) is 4.63. The molecule has 1 heterocycles. The van der Waals surface area contributed by atoms with E-state index in [1.54, 1.807) is 0 Å². The molecule has 2 rings (SSSR count). The Bertz CT molecular complexity index is 171. The molecule has 2 nitrogen and oxygen atoms in total. The van der Waals surface area contributed by atoms with Crippen LogP contribution in [-0.4, -0.2) is 23.9 Å². The highest BCUT2D eigenvalue weighted by Gasteiger charge is 2.32. The highest BCUT2D eigenvalue weighted by Crippen LogP contribution is 2.39. The van der Waals surface area contributed by atoms with Gasteiger partial charge in [-0.3, -0.25) is 0 Å². The molecule has 0 aromatic rings. The molecule has 0 aromatic carbocycles. The fourth-order valence-electron chi connectivity index (χ4n) is 2.43. The molecule has 2 heteroatoms. The van der Waals surface area contributed by atoms with Crippen molar-refractivity contribution in [1.29, 1.82) is 0 Å². The Morgan fingerprint density at radius 2 is 2.14 bits per heavy atom. The van der Waals surface area contributed by atoms with Gasteiger partial charge < -0.3 is 9.84 Å². The standard InChI is InChI=1S/C12H22O2/c1-9(10-4-5-10)12(13)7-6-11-3-2-8-14-11/h9-13H,2-8H2,1H3. The lowest BCUT2D eigenvalue weighted by atomic mass is 9.94. The Kier molecular flexibility index (Phi) is 3.45. The van der Waals surface area contributed by atoms with Crippen LogP contribution in [0.1, 0.15) is 45.4 Å². The van der Waals surface area contributed by atoms with Crippen LogP contribution in [0.5, 0.6) is 0 Å². The molecule has 14 heavy (non-hydrogen) atoms. The molecule has 0 aromatic heterocycles. The molecule has 2 aliphatic rings. The first-order valence-electron chi connectivity index (χ1n) is 6.07. The third-order valence-corrected chi connectivity index (χ3v) is 3.78. The van der Waals surface area contributed by atoms with E-state index in [1.807, 2.05) is 0 Å². The molecule has 0 radical (unpaired) electrons. The summed E-state index contributed by atoms with van der Waals surface area (Å²) in [6.45, 7) is 3.12. The first-order chi connectivity index (χ1) is 6.77. The number of hydrogen-bond acceptors (Lipinski definition) is 2. The number of rotatable bonds is 5. The average molecular weight is 198 g/mol. The Morgan fingerprint density at radius 3 is 2.71 bits per heavy atom. The van der Waals surface area contributed by atoms with Gasteiger partial charge in [-0.25, -0.2) is 0 Å². The van der Waals surface area contributed by atoms with Crippen molar-refractivity contribution < 1.29 is 9.84 Å². The summed E-state index contributed by atoms with van der Waals surface area (Å²) in [5.41, 5.74) is 0. The zero-order chi connectivity index (χ0) is 9.97. The molecule has 3 unspecified atom stereocenters. The smallest absolute Gasteiger partial charge is 0.0577 e. The maximum Gasteiger partial charge on any atom is 0.0577 e. The van der Waals surface area contributed by atoms with Crippen LogP contribution in [0.25, 0.3) is 0 Å². The van der Waals surface area contributed by atoms with Gasteiger partial charge in [0.2, 0.25) is 0 Å². The molecule has 1 aliphatic carbocycles. The SMILES string of the molecule is CC(C(O)CCC1CCCO1)C1CC1. The molecular weight excluding hydrogens is 176 g/mol. The van der Waals surface area contributed by atoms with Crippen LogP contribution < -0.4 is 0 Å². The Balaban J connectivity index is 1.63. The highest BCUT2D eigenvalue weighted by atomic mass is 16.5. The van der Waals surface area contributed by atoms with Crippen molar-refractivity contribution in [1.82, 2.24) is 0 Å². The minimum Gasteiger partial charge on any atom is -0.393 e. The van der Waals surface area contributed by atoms with Gasteiger partial charge in [0.25, 0.3) is 0 Å². The van der Waals surface area contributed by atoms with Crippen LogP contribution >= 0.6 is 0 Å². The van der Waals surface area contributed by atoms with Crippen LogP contribution in [-0.2, 0) is 4.74 Å². The fraction of sp³-hybridized carbons (Fsp3) is 1.00. The number of aliphatic hydroxyl groups excluding tert-OH is 1. The molecule has 1 saturated heterocycles. The van der Waals surface area contributed by atoms with Crippen molar-refractivity contribution in [3.8, 4) is 0 Å². The monoisotopic (exact) mass is 198 g/mol. The average Bonchev–Trinajstić information content (AvgIpc) is 2.91. The highest BCUT2D eigenvalue weighted by molar-refractivity contribution is 4.83. The summed E-state index contributed by atoms with van der Waals surface area (Å²) in [5.74, 6) is 1.32. The van der Waals surface area contributed by atoms with Crippen LogP contribution in [0.4, 0.5) is 0 Å². The number of aliphatic hydroxyl groups is 1. The third kappa shape index (κ3) is 2.71. The van der Waals surface area contributed by atoms with Gasteiger partial charge >= 0.3 is 0 Å². The van der Waals surface area contributed by atoms with Gasteiger partial charge in [0, 0.05) is 6.61 Å². The van der Waals surface area contributed by atoms with Crippen LogP contribution in [0.3, 0.4) is 0 Å². The summed E-state index contributed by atoms with van der Waals surface area (Å²) in [7, 11) is 0. The van der Waals surface area contributed by atoms with Gasteiger partial charge in [0.15, 0.2) is 0 Å². The number of ether oxygens (including phenoxy) is 1. The van der Waals surface area contributed by atoms with Crippen LogP contribution in [0.2, 0.25) is 0 Å². The zero-order valence-corrected chi connectivity index (χ0v) is 9.11. The Labute approximate surface area is 86.6 Å². The minimum absolute atomic E-state index is 0.0910. The lowest BCUT2D eigenvalue weighted by molar-refractivity contribution is 0.0576. The van der Waals surface area contributed by atoms with E-state index in [9.17, 15) is 5.11 Å². The van der Waals surface area contributed by atoms with Gasteiger partial charge in [-0.05, 0) is 50.4 Å². The summed E-state index contributed by atoms with van der Waals surface area (Å²) >= 11 is 0. The van der Waals surface area contributed by atoms with Crippen molar-refractivity contribution in [3.63, 3.8) is 0 Å². The van der Waals surface area contributed by atoms with Crippen molar-refractivity contribution >= 4 is 0 Å². The van der Waals surface area contributed by atoms with E-state index in [2.05, 4.69) is 6.92 Å². The number of hydrogen-bond donors (Lipinski definition) is 1. The van der Waals surface area contributed by atoms with Crippen molar-refractivity contribution in [2.45, 2.75) is 57.7 Å². The van der Waals surface area contributed by atoms with E-state index < -0.39 is 0 Å². The van der Waals surface area contributed by atoms with Gasteiger partial charge in [-0.15, -0.1) is 0 Å². The van der Waals surface area contributed by atoms with E-state index in [0.29, 0.717) is 12.0 Å². The summed E-state index contributed by atoms with van der Waals surface area (Å²) in [6.07, 6.45) is 7.41. The molecular formula is C12H22O2. The Hall–Kier alpha value is -0.0800. The Morgan fingerprint density at radius 1 is 1.36 bits per heavy atom. The van der Waals surface area contributed by atoms with Gasteiger partial charge in [-0.2, -0.15) is 0 Å². The maximum atomic E-state index is 9.93. The van der Waals surface area contributed by atoms with E-state index >= 15 is 0 Å². The molecule has 0 amide bonds. The van der Waals surface area contributed by atoms with E-state index in [-0.39, 0.29) is 6.10 Å². The first kappa shape index (κ1) is 10.4. The zero-order valence-electron chi connectivity index (χ0n) is 9.11. The third-order valence-electron chi connectivity index (χ3n) is 3.78. The first-order valence-corrected chi connectivity index (χ1v) is 6.07. The van der Waals surface area contributed by atoms with Gasteiger partial charge in [0.05, 0.1) is 12.2 Å². The summed E-state index contributed by atoms with van der Waals surface area (Å²) in [5, 5.41) is 9.93. The van der Waals surface area contributed by atoms with Gasteiger partial charge in [-0.1, -0.05) is 6.92 Å². The minimum atomic E-state index is -0.0910. The predicted molar refractivity (Wildman–Crippen MR) is 56.1 cm³/mol. The van der Waals surface area contributed by atoms with Crippen molar-refractivity contribution in [2.24, 2.45) is 11.8 Å². The molecule has 2 fully saturated rings. The molecule has 82 valence electrons. The lowest BCUT2D eigenvalue weighted by Crippen LogP contribution is -2.21. The summed E-state index contributed by atoms with van der Waals surface area (Å²) in [4.78, 5) is 0. The predicted octanol–water partition coefficient (Wildman–Crippen LogP) is 2.35. The molecule has 1 N–H and O–H groups in total. The normalized spacial score (nSPS) is 31.7. The largest absolute Gasteiger partial charge is 0.393 e. The van der Waals surface area contributed by atoms with Crippen LogP contribution in [0, 0.1) is 11.8 Å². The summed E-state index contributed by atoms with van der Waals surface area (Å²) < 4.78 is 5.55. The van der Waals surface area contributed by atoms with Crippen molar-refractivity contribution in [3.05, 3.63) is 0 Å². The molecule has 1 aliphatic heterocycles. The van der Waals surface area contributed by atoms with E-state index in [0.717, 1.165) is 25.4 Å². The molecule has 0 spiro atoms. The molecule has 0 bridgehead atoms. The fourth-order valence-corrected chi connectivity index (χ4v) is 2.43. The molecule has 1 saturated carbocycles. The quantitative estimate of drug-likeness (QED) is 0.735. The second-order valence-electron chi connectivity index (χ2n) is 4.98. The van der Waals surface area contributed by atoms with E-state index in [4.69, 9.17) is 4.74 Å². The lowest BCUT2D eigenvalue weighted by Gasteiger charge is -2.19. The van der Waals surface area contributed by atoms with Crippen molar-refractivity contribution in [2.75, 3.05) is 6.61 Å². The topological polar surface area (TPSA) is 29.5 Å². The van der Waals surface area contributed by atoms with Crippen LogP contribution in [0.15, 0.2) is 0 Å². The van der Waals surface area contributed by atoms with E-state index in [1.165, 1.54) is 25.7 Å². The molecule has 3 atom stereocenters. The maximum absolute atomic E-state index is 9.93. The van der Waals surface area contributed by atoms with Gasteiger partial charge in [0.1, 0.15) is 0 Å². The second-order valence-corrected chi connectivity index (χ2v) is 4.98.